The van der Waals surface area contributed by atoms with Gasteiger partial charge in [0.05, 0.1) is 12.2 Å². The second-order valence-corrected chi connectivity index (χ2v) is 4.59. The van der Waals surface area contributed by atoms with E-state index in [9.17, 15) is 13.2 Å². The normalized spacial score (nSPS) is 11.7. The molecule has 1 aromatic heterocycles. The van der Waals surface area contributed by atoms with E-state index in [2.05, 4.69) is 10.3 Å². The molecule has 0 amide bonds. The van der Waals surface area contributed by atoms with E-state index in [0.29, 0.717) is 5.69 Å². The van der Waals surface area contributed by atoms with Crippen molar-refractivity contribution in [1.82, 2.24) is 10.3 Å². The lowest BCUT2D eigenvalue weighted by Crippen LogP contribution is -2.28. The van der Waals surface area contributed by atoms with E-state index < -0.39 is 12.7 Å². The smallest absolute Gasteiger partial charge is 0.303 e. The van der Waals surface area contributed by atoms with E-state index in [1.54, 1.807) is 5.38 Å². The molecule has 2 rings (SSSR count). The molecule has 0 bridgehead atoms. The highest BCUT2D eigenvalue weighted by Crippen LogP contribution is 2.23. The summed E-state index contributed by atoms with van der Waals surface area (Å²) in [5.74, 6) is 0. The lowest BCUT2D eigenvalue weighted by molar-refractivity contribution is -0.125. The number of nitrogens with one attached hydrogen (secondary N) is 1. The van der Waals surface area contributed by atoms with Crippen molar-refractivity contribution in [1.29, 1.82) is 0 Å². The lowest BCUT2D eigenvalue weighted by atomic mass is 10.2. The highest BCUT2D eigenvalue weighted by molar-refractivity contribution is 7.13. The first kappa shape index (κ1) is 13.0. The van der Waals surface area contributed by atoms with Gasteiger partial charge in [0, 0.05) is 17.5 Å². The van der Waals surface area contributed by atoms with Crippen LogP contribution >= 0.6 is 11.3 Å². The van der Waals surface area contributed by atoms with Crippen LogP contribution in [0.15, 0.2) is 35.7 Å². The number of halogens is 3. The summed E-state index contributed by atoms with van der Waals surface area (Å²) in [7, 11) is 0. The van der Waals surface area contributed by atoms with Crippen molar-refractivity contribution in [2.45, 2.75) is 12.7 Å². The predicted octanol–water partition coefficient (Wildman–Crippen LogP) is 3.46. The molecule has 0 atom stereocenters. The summed E-state index contributed by atoms with van der Waals surface area (Å²) in [5.41, 5.74) is 1.60. The third kappa shape index (κ3) is 3.82. The van der Waals surface area contributed by atoms with Crippen molar-refractivity contribution in [2.75, 3.05) is 6.54 Å². The zero-order valence-corrected chi connectivity index (χ0v) is 10.2. The molecule has 0 unspecified atom stereocenters. The monoisotopic (exact) mass is 272 g/mol. The fraction of sp³-hybridized carbons (Fsp3) is 0.250. The second-order valence-electron chi connectivity index (χ2n) is 3.73. The van der Waals surface area contributed by atoms with Crippen molar-refractivity contribution in [3.05, 3.63) is 41.4 Å². The van der Waals surface area contributed by atoms with Crippen LogP contribution in [0.3, 0.4) is 0 Å². The fourth-order valence-corrected chi connectivity index (χ4v) is 2.26. The van der Waals surface area contributed by atoms with Crippen molar-refractivity contribution < 1.29 is 13.2 Å². The Kier molecular flexibility index (Phi) is 3.98. The van der Waals surface area contributed by atoms with Crippen LogP contribution in [-0.4, -0.2) is 17.7 Å². The molecule has 18 heavy (non-hydrogen) atoms. The maximum atomic E-state index is 11.9. The molecule has 2 aromatic rings. The Morgan fingerprint density at radius 3 is 2.56 bits per heavy atom. The van der Waals surface area contributed by atoms with E-state index in [0.717, 1.165) is 10.6 Å². The van der Waals surface area contributed by atoms with Crippen LogP contribution in [0.2, 0.25) is 0 Å². The number of rotatable bonds is 4. The highest BCUT2D eigenvalue weighted by Gasteiger charge is 2.26. The Labute approximate surface area is 106 Å². The lowest BCUT2D eigenvalue weighted by Gasteiger charge is -2.06. The molecule has 6 heteroatoms. The molecule has 0 aliphatic carbocycles. The average molecular weight is 272 g/mol. The minimum Gasteiger partial charge on any atom is -0.303 e. The summed E-state index contributed by atoms with van der Waals surface area (Å²) < 4.78 is 35.8. The molecule has 96 valence electrons. The molecule has 0 aliphatic heterocycles. The first-order valence-electron chi connectivity index (χ1n) is 5.32. The molecule has 0 fully saturated rings. The summed E-state index contributed by atoms with van der Waals surface area (Å²) in [6, 6.07) is 9.55. The van der Waals surface area contributed by atoms with Crippen molar-refractivity contribution >= 4 is 11.3 Å². The second kappa shape index (κ2) is 5.49. The van der Waals surface area contributed by atoms with Gasteiger partial charge in [0.1, 0.15) is 5.01 Å². The Morgan fingerprint density at radius 1 is 1.17 bits per heavy atom. The van der Waals surface area contributed by atoms with Crippen LogP contribution in [0.25, 0.3) is 10.6 Å². The number of hydrogen-bond acceptors (Lipinski definition) is 3. The molecule has 1 aromatic carbocycles. The van der Waals surface area contributed by atoms with E-state index in [1.807, 2.05) is 30.3 Å². The molecule has 2 nitrogen and oxygen atoms in total. The minimum absolute atomic E-state index is 0.128. The van der Waals surface area contributed by atoms with E-state index >= 15 is 0 Å². The number of benzene rings is 1. The Bertz CT molecular complexity index is 494. The summed E-state index contributed by atoms with van der Waals surface area (Å²) in [6.07, 6.45) is -4.18. The van der Waals surface area contributed by atoms with Gasteiger partial charge < -0.3 is 5.32 Å². The van der Waals surface area contributed by atoms with Gasteiger partial charge in [0.25, 0.3) is 0 Å². The maximum absolute atomic E-state index is 11.9. The molecule has 0 saturated heterocycles. The van der Waals surface area contributed by atoms with E-state index in [1.165, 1.54) is 11.3 Å². The molecule has 0 radical (unpaired) electrons. The van der Waals surface area contributed by atoms with Crippen molar-refractivity contribution in [3.8, 4) is 10.6 Å². The summed E-state index contributed by atoms with van der Waals surface area (Å²) in [4.78, 5) is 4.29. The first-order valence-corrected chi connectivity index (χ1v) is 6.20. The molecule has 0 saturated carbocycles. The number of hydrogen-bond donors (Lipinski definition) is 1. The number of aromatic nitrogens is 1. The van der Waals surface area contributed by atoms with Gasteiger partial charge >= 0.3 is 6.18 Å². The molecular weight excluding hydrogens is 261 g/mol. The molecule has 0 spiro atoms. The van der Waals surface area contributed by atoms with E-state index in [-0.39, 0.29) is 6.54 Å². The highest BCUT2D eigenvalue weighted by atomic mass is 32.1. The quantitative estimate of drug-likeness (QED) is 0.922. The van der Waals surface area contributed by atoms with Crippen LogP contribution in [0.4, 0.5) is 13.2 Å². The van der Waals surface area contributed by atoms with Gasteiger partial charge in [-0.15, -0.1) is 11.3 Å². The third-order valence-corrected chi connectivity index (χ3v) is 3.14. The van der Waals surface area contributed by atoms with Gasteiger partial charge in [0.15, 0.2) is 0 Å². The Morgan fingerprint density at radius 2 is 1.89 bits per heavy atom. The van der Waals surface area contributed by atoms with Crippen LogP contribution in [0.1, 0.15) is 5.69 Å². The van der Waals surface area contributed by atoms with Crippen LogP contribution < -0.4 is 5.32 Å². The molecule has 1 N–H and O–H groups in total. The third-order valence-electron chi connectivity index (χ3n) is 2.20. The number of alkyl halides is 3. The minimum atomic E-state index is -4.18. The average Bonchev–Trinajstić information content (AvgIpc) is 2.77. The van der Waals surface area contributed by atoms with Gasteiger partial charge in [-0.05, 0) is 0 Å². The Balaban J connectivity index is 1.95. The summed E-state index contributed by atoms with van der Waals surface area (Å²) >= 11 is 1.43. The zero-order chi connectivity index (χ0) is 13.0. The number of thiazole rings is 1. The predicted molar refractivity (Wildman–Crippen MR) is 65.3 cm³/mol. The first-order chi connectivity index (χ1) is 8.54. The molecular formula is C12H11F3N2S. The fourth-order valence-electron chi connectivity index (χ4n) is 1.43. The van der Waals surface area contributed by atoms with Crippen molar-refractivity contribution in [3.63, 3.8) is 0 Å². The van der Waals surface area contributed by atoms with Gasteiger partial charge in [-0.2, -0.15) is 13.2 Å². The van der Waals surface area contributed by atoms with Gasteiger partial charge in [-0.3, -0.25) is 0 Å². The van der Waals surface area contributed by atoms with Gasteiger partial charge in [0.2, 0.25) is 0 Å². The largest absolute Gasteiger partial charge is 0.401 e. The zero-order valence-electron chi connectivity index (χ0n) is 9.37. The SMILES string of the molecule is FC(F)(F)CNCc1csc(-c2ccccc2)n1. The van der Waals surface area contributed by atoms with Gasteiger partial charge in [-0.25, -0.2) is 4.98 Å². The topological polar surface area (TPSA) is 24.9 Å². The van der Waals surface area contributed by atoms with Crippen LogP contribution in [0, 0.1) is 0 Å². The summed E-state index contributed by atoms with van der Waals surface area (Å²) in [5, 5.41) is 4.91. The molecule has 0 aliphatic rings. The Hall–Kier alpha value is -1.40. The standard InChI is InChI=1S/C12H11F3N2S/c13-12(14,15)8-16-6-10-7-18-11(17-10)9-4-2-1-3-5-9/h1-5,7,16H,6,8H2. The van der Waals surface area contributed by atoms with E-state index in [4.69, 9.17) is 0 Å². The maximum Gasteiger partial charge on any atom is 0.401 e. The van der Waals surface area contributed by atoms with Crippen LogP contribution in [0.5, 0.6) is 0 Å². The number of nitrogens with zero attached hydrogens (tertiary/aromatic N) is 1. The van der Waals surface area contributed by atoms with Crippen LogP contribution in [-0.2, 0) is 6.54 Å². The van der Waals surface area contributed by atoms with Crippen molar-refractivity contribution in [2.24, 2.45) is 0 Å². The van der Waals surface area contributed by atoms with Gasteiger partial charge in [-0.1, -0.05) is 30.3 Å². The summed E-state index contributed by atoms with van der Waals surface area (Å²) in [6.45, 7) is -0.867. The molecule has 1 heterocycles.